The molecule has 0 aliphatic heterocycles. The highest BCUT2D eigenvalue weighted by Crippen LogP contribution is 2.51. The Bertz CT molecular complexity index is 909. The third-order valence-electron chi connectivity index (χ3n) is 4.70. The highest BCUT2D eigenvalue weighted by molar-refractivity contribution is 5.84. The van der Waals surface area contributed by atoms with Crippen LogP contribution in [0, 0.1) is 5.82 Å². The molecule has 0 spiro atoms. The quantitative estimate of drug-likeness (QED) is 0.500. The summed E-state index contributed by atoms with van der Waals surface area (Å²) in [6, 6.07) is 5.62. The second-order valence-corrected chi connectivity index (χ2v) is 7.42. The van der Waals surface area contributed by atoms with Gasteiger partial charge in [-0.25, -0.2) is 19.0 Å². The monoisotopic (exact) mass is 431 g/mol. The summed E-state index contributed by atoms with van der Waals surface area (Å²) in [6.45, 7) is 7.41. The van der Waals surface area contributed by atoms with Crippen molar-refractivity contribution in [3.05, 3.63) is 41.5 Å². The van der Waals surface area contributed by atoms with E-state index in [-0.39, 0.29) is 36.5 Å². The molecule has 8 heteroatoms. The average Bonchev–Trinajstić information content (AvgIpc) is 3.54. The van der Waals surface area contributed by atoms with Crippen LogP contribution in [0.4, 0.5) is 14.0 Å². The van der Waals surface area contributed by atoms with Gasteiger partial charge in [0.1, 0.15) is 5.82 Å². The van der Waals surface area contributed by atoms with E-state index in [1.807, 2.05) is 13.8 Å². The number of halogens is 1. The number of benzene rings is 1. The minimum Gasteiger partial charge on any atom is -0.434 e. The van der Waals surface area contributed by atoms with Crippen molar-refractivity contribution in [3.8, 4) is 22.6 Å². The zero-order valence-corrected chi connectivity index (χ0v) is 18.1. The Balaban J connectivity index is 2.28. The molecule has 166 valence electrons. The van der Waals surface area contributed by atoms with Gasteiger partial charge in [0.2, 0.25) is 0 Å². The van der Waals surface area contributed by atoms with Gasteiger partial charge in [0, 0.05) is 5.92 Å². The standard InChI is InChI=1S/C23H26FNO6/c1-5-28-22(26)30-20-17(14-9-11-16(24)12-10-14)21(31-23(27)29-6-2)19(15-7-8-15)25-18(20)13(3)4/h9-13,15H,5-8H2,1-4H3. The van der Waals surface area contributed by atoms with Crippen molar-refractivity contribution in [2.75, 3.05) is 13.2 Å². The van der Waals surface area contributed by atoms with E-state index in [1.165, 1.54) is 24.3 Å². The first-order valence-electron chi connectivity index (χ1n) is 10.4. The molecule has 1 aliphatic carbocycles. The number of hydrogen-bond donors (Lipinski definition) is 0. The molecule has 0 unspecified atom stereocenters. The van der Waals surface area contributed by atoms with Crippen LogP contribution in [0.1, 0.15) is 63.8 Å². The highest BCUT2D eigenvalue weighted by Gasteiger charge is 2.35. The van der Waals surface area contributed by atoms with Gasteiger partial charge in [0.05, 0.1) is 30.2 Å². The number of carbonyl (C=O) groups excluding carboxylic acids is 2. The molecule has 2 aromatic rings. The molecular weight excluding hydrogens is 405 g/mol. The number of hydrogen-bond acceptors (Lipinski definition) is 7. The predicted molar refractivity (Wildman–Crippen MR) is 111 cm³/mol. The first-order valence-corrected chi connectivity index (χ1v) is 10.4. The Hall–Kier alpha value is -3.16. The lowest BCUT2D eigenvalue weighted by atomic mass is 9.97. The zero-order chi connectivity index (χ0) is 22.5. The van der Waals surface area contributed by atoms with Crippen LogP contribution in [0.5, 0.6) is 11.5 Å². The topological polar surface area (TPSA) is 84.0 Å². The fourth-order valence-corrected chi connectivity index (χ4v) is 3.16. The van der Waals surface area contributed by atoms with Gasteiger partial charge in [-0.05, 0) is 50.3 Å². The molecule has 1 saturated carbocycles. The van der Waals surface area contributed by atoms with E-state index in [2.05, 4.69) is 0 Å². The summed E-state index contributed by atoms with van der Waals surface area (Å²) >= 11 is 0. The van der Waals surface area contributed by atoms with E-state index in [1.54, 1.807) is 13.8 Å². The molecule has 0 bridgehead atoms. The molecule has 0 radical (unpaired) electrons. The Morgan fingerprint density at radius 3 is 2.03 bits per heavy atom. The van der Waals surface area contributed by atoms with Crippen molar-refractivity contribution in [1.82, 2.24) is 4.98 Å². The summed E-state index contributed by atoms with van der Waals surface area (Å²) < 4.78 is 34.7. The van der Waals surface area contributed by atoms with E-state index in [0.29, 0.717) is 22.5 Å². The number of nitrogens with zero attached hydrogens (tertiary/aromatic N) is 1. The van der Waals surface area contributed by atoms with Crippen LogP contribution in [-0.2, 0) is 9.47 Å². The maximum absolute atomic E-state index is 13.6. The van der Waals surface area contributed by atoms with E-state index in [4.69, 9.17) is 23.9 Å². The van der Waals surface area contributed by atoms with Crippen LogP contribution in [0.15, 0.2) is 24.3 Å². The molecule has 1 fully saturated rings. The second-order valence-electron chi connectivity index (χ2n) is 7.42. The van der Waals surface area contributed by atoms with Gasteiger partial charge in [-0.2, -0.15) is 0 Å². The number of rotatable bonds is 7. The molecule has 0 amide bonds. The van der Waals surface area contributed by atoms with E-state index >= 15 is 0 Å². The summed E-state index contributed by atoms with van der Waals surface area (Å²) in [5.41, 5.74) is 1.95. The van der Waals surface area contributed by atoms with Crippen molar-refractivity contribution in [3.63, 3.8) is 0 Å². The Morgan fingerprint density at radius 2 is 1.55 bits per heavy atom. The van der Waals surface area contributed by atoms with Crippen LogP contribution in [0.3, 0.4) is 0 Å². The molecule has 1 aromatic carbocycles. The highest BCUT2D eigenvalue weighted by atomic mass is 19.1. The number of ether oxygens (including phenoxy) is 4. The largest absolute Gasteiger partial charge is 0.513 e. The minimum absolute atomic E-state index is 0.109. The Labute approximate surface area is 180 Å². The van der Waals surface area contributed by atoms with Gasteiger partial charge in [0.25, 0.3) is 0 Å². The summed E-state index contributed by atoms with van der Waals surface area (Å²) in [5.74, 6) is -0.166. The van der Waals surface area contributed by atoms with Crippen LogP contribution in [-0.4, -0.2) is 30.5 Å². The molecular formula is C23H26FNO6. The molecule has 7 nitrogen and oxygen atoms in total. The molecule has 0 saturated heterocycles. The zero-order valence-electron chi connectivity index (χ0n) is 18.1. The average molecular weight is 431 g/mol. The summed E-state index contributed by atoms with van der Waals surface area (Å²) in [5, 5.41) is 0. The molecule has 0 N–H and O–H groups in total. The van der Waals surface area contributed by atoms with E-state index in [0.717, 1.165) is 12.8 Å². The summed E-state index contributed by atoms with van der Waals surface area (Å²) in [4.78, 5) is 29.2. The second kappa shape index (κ2) is 9.76. The van der Waals surface area contributed by atoms with Crippen molar-refractivity contribution in [2.45, 2.75) is 52.4 Å². The van der Waals surface area contributed by atoms with E-state index in [9.17, 15) is 14.0 Å². The Kier molecular flexibility index (Phi) is 7.09. The molecule has 0 atom stereocenters. The van der Waals surface area contributed by atoms with Crippen molar-refractivity contribution in [2.24, 2.45) is 0 Å². The molecule has 31 heavy (non-hydrogen) atoms. The Morgan fingerprint density at radius 1 is 1.00 bits per heavy atom. The molecule has 1 aliphatic rings. The molecule has 3 rings (SSSR count). The lowest BCUT2D eigenvalue weighted by molar-refractivity contribution is 0.102. The van der Waals surface area contributed by atoms with Crippen LogP contribution in [0.25, 0.3) is 11.1 Å². The normalized spacial score (nSPS) is 13.1. The van der Waals surface area contributed by atoms with Crippen LogP contribution in [0.2, 0.25) is 0 Å². The van der Waals surface area contributed by atoms with Crippen LogP contribution < -0.4 is 9.47 Å². The van der Waals surface area contributed by atoms with Gasteiger partial charge >= 0.3 is 12.3 Å². The maximum Gasteiger partial charge on any atom is 0.513 e. The summed E-state index contributed by atoms with van der Waals surface area (Å²) in [6.07, 6.45) is -0.0141. The lowest BCUT2D eigenvalue weighted by Gasteiger charge is -2.21. The van der Waals surface area contributed by atoms with Gasteiger partial charge in [-0.1, -0.05) is 26.0 Å². The number of pyridine rings is 1. The van der Waals surface area contributed by atoms with Gasteiger partial charge < -0.3 is 18.9 Å². The molecule has 1 heterocycles. The molecule has 1 aromatic heterocycles. The van der Waals surface area contributed by atoms with Crippen molar-refractivity contribution < 1.29 is 32.9 Å². The number of carbonyl (C=O) groups is 2. The lowest BCUT2D eigenvalue weighted by Crippen LogP contribution is -2.17. The van der Waals surface area contributed by atoms with Gasteiger partial charge in [-0.15, -0.1) is 0 Å². The third kappa shape index (κ3) is 5.31. The van der Waals surface area contributed by atoms with E-state index < -0.39 is 18.1 Å². The van der Waals surface area contributed by atoms with Crippen molar-refractivity contribution in [1.29, 1.82) is 0 Å². The van der Waals surface area contributed by atoms with Crippen molar-refractivity contribution >= 4 is 12.3 Å². The smallest absolute Gasteiger partial charge is 0.434 e. The third-order valence-corrected chi connectivity index (χ3v) is 4.70. The van der Waals surface area contributed by atoms with Crippen LogP contribution >= 0.6 is 0 Å². The van der Waals surface area contributed by atoms with Gasteiger partial charge in [0.15, 0.2) is 11.5 Å². The van der Waals surface area contributed by atoms with Gasteiger partial charge in [-0.3, -0.25) is 0 Å². The first kappa shape index (κ1) is 22.5. The maximum atomic E-state index is 13.6. The number of aromatic nitrogens is 1. The SMILES string of the molecule is CCOC(=O)Oc1c(C(C)C)nc(C2CC2)c(OC(=O)OCC)c1-c1ccc(F)cc1. The fourth-order valence-electron chi connectivity index (χ4n) is 3.16. The minimum atomic E-state index is -0.907. The summed E-state index contributed by atoms with van der Waals surface area (Å²) in [7, 11) is 0. The fraction of sp³-hybridized carbons (Fsp3) is 0.435. The predicted octanol–water partition coefficient (Wildman–Crippen LogP) is 5.96. The first-order chi connectivity index (χ1) is 14.8.